The van der Waals surface area contributed by atoms with Gasteiger partial charge < -0.3 is 10.1 Å². The summed E-state index contributed by atoms with van der Waals surface area (Å²) < 4.78 is 9.00. The highest BCUT2D eigenvalue weighted by Crippen LogP contribution is 2.33. The Morgan fingerprint density at radius 2 is 2.14 bits per heavy atom. The van der Waals surface area contributed by atoms with Gasteiger partial charge in [0.2, 0.25) is 0 Å². The van der Waals surface area contributed by atoms with Crippen LogP contribution in [0.15, 0.2) is 33.3 Å². The highest BCUT2D eigenvalue weighted by molar-refractivity contribution is 9.10. The first kappa shape index (κ1) is 17.0. The Bertz CT molecular complexity index is 618. The molecule has 0 radical (unpaired) electrons. The van der Waals surface area contributed by atoms with Gasteiger partial charge in [-0.3, -0.25) is 4.68 Å². The van der Waals surface area contributed by atoms with Gasteiger partial charge in [-0.15, -0.1) is 0 Å². The Morgan fingerprint density at radius 3 is 2.76 bits per heavy atom. The van der Waals surface area contributed by atoms with E-state index in [9.17, 15) is 0 Å². The van der Waals surface area contributed by atoms with E-state index in [1.807, 2.05) is 29.9 Å². The molecule has 1 aromatic heterocycles. The van der Waals surface area contributed by atoms with Crippen LogP contribution < -0.4 is 5.32 Å². The zero-order valence-electron chi connectivity index (χ0n) is 11.7. The molecule has 7 heteroatoms. The standard InChI is InChI=1S/C14H16Br2ClN3O/c1-18-13(10-4-3-9(17)7-11(10)15)14-12(16)8-19-20(14)5-6-21-2/h3-4,7-8,13,18H,5-6H2,1-2H3. The van der Waals surface area contributed by atoms with Gasteiger partial charge in [-0.2, -0.15) is 5.10 Å². The monoisotopic (exact) mass is 435 g/mol. The summed E-state index contributed by atoms with van der Waals surface area (Å²) in [4.78, 5) is 0. The summed E-state index contributed by atoms with van der Waals surface area (Å²) >= 11 is 13.2. The molecular weight excluding hydrogens is 421 g/mol. The molecule has 4 nitrogen and oxygen atoms in total. The lowest BCUT2D eigenvalue weighted by Gasteiger charge is -2.20. The minimum Gasteiger partial charge on any atom is -0.383 e. The molecule has 21 heavy (non-hydrogen) atoms. The summed E-state index contributed by atoms with van der Waals surface area (Å²) in [6.07, 6.45) is 1.80. The van der Waals surface area contributed by atoms with Crippen molar-refractivity contribution in [2.24, 2.45) is 0 Å². The van der Waals surface area contributed by atoms with Gasteiger partial charge in [0.15, 0.2) is 0 Å². The molecule has 114 valence electrons. The molecule has 0 saturated heterocycles. The average Bonchev–Trinajstić information content (AvgIpc) is 2.81. The van der Waals surface area contributed by atoms with Gasteiger partial charge in [-0.05, 0) is 40.7 Å². The number of nitrogens with one attached hydrogen (secondary N) is 1. The fraction of sp³-hybridized carbons (Fsp3) is 0.357. The van der Waals surface area contributed by atoms with Crippen molar-refractivity contribution in [2.75, 3.05) is 20.8 Å². The number of rotatable bonds is 6. The summed E-state index contributed by atoms with van der Waals surface area (Å²) in [5, 5.41) is 8.44. The highest BCUT2D eigenvalue weighted by atomic mass is 79.9. The van der Waals surface area contributed by atoms with E-state index in [0.717, 1.165) is 20.2 Å². The summed E-state index contributed by atoms with van der Waals surface area (Å²) in [5.41, 5.74) is 2.15. The van der Waals surface area contributed by atoms with Crippen LogP contribution in [0.4, 0.5) is 0 Å². The summed E-state index contributed by atoms with van der Waals surface area (Å²) in [6, 6.07) is 5.78. The zero-order valence-corrected chi connectivity index (χ0v) is 15.7. The van der Waals surface area contributed by atoms with Crippen LogP contribution in [-0.4, -0.2) is 30.5 Å². The third kappa shape index (κ3) is 3.87. The van der Waals surface area contributed by atoms with Crippen LogP contribution in [-0.2, 0) is 11.3 Å². The Balaban J connectivity index is 2.43. The SMILES string of the molecule is CNC(c1ccc(Cl)cc1Br)c1c(Br)cnn1CCOC. The normalized spacial score (nSPS) is 12.6. The number of nitrogens with zero attached hydrogens (tertiary/aromatic N) is 2. The first-order valence-corrected chi connectivity index (χ1v) is 8.37. The van der Waals surface area contributed by atoms with Crippen molar-refractivity contribution >= 4 is 43.5 Å². The minimum atomic E-state index is -0.00891. The number of hydrogen-bond acceptors (Lipinski definition) is 3. The van der Waals surface area contributed by atoms with Crippen molar-refractivity contribution in [3.8, 4) is 0 Å². The van der Waals surface area contributed by atoms with E-state index in [-0.39, 0.29) is 6.04 Å². The van der Waals surface area contributed by atoms with Crippen molar-refractivity contribution < 1.29 is 4.74 Å². The fourth-order valence-electron chi connectivity index (χ4n) is 2.19. The third-order valence-electron chi connectivity index (χ3n) is 3.18. The lowest BCUT2D eigenvalue weighted by molar-refractivity contribution is 0.182. The zero-order chi connectivity index (χ0) is 15.4. The van der Waals surface area contributed by atoms with Crippen LogP contribution in [0.1, 0.15) is 17.3 Å². The number of ether oxygens (including phenoxy) is 1. The van der Waals surface area contributed by atoms with Crippen molar-refractivity contribution in [1.82, 2.24) is 15.1 Å². The summed E-state index contributed by atoms with van der Waals surface area (Å²) in [6.45, 7) is 1.31. The summed E-state index contributed by atoms with van der Waals surface area (Å²) in [5.74, 6) is 0. The maximum atomic E-state index is 6.03. The molecule has 0 aliphatic rings. The van der Waals surface area contributed by atoms with Crippen LogP contribution in [0.2, 0.25) is 5.02 Å². The molecule has 2 rings (SSSR count). The first-order valence-electron chi connectivity index (χ1n) is 6.40. The molecule has 0 fully saturated rings. The van der Waals surface area contributed by atoms with Crippen molar-refractivity contribution in [2.45, 2.75) is 12.6 Å². The van der Waals surface area contributed by atoms with E-state index in [1.54, 1.807) is 13.3 Å². The lowest BCUT2D eigenvalue weighted by Crippen LogP contribution is -2.23. The molecule has 0 amide bonds. The smallest absolute Gasteiger partial charge is 0.0768 e. The maximum Gasteiger partial charge on any atom is 0.0768 e. The molecule has 0 aliphatic heterocycles. The molecule has 0 saturated carbocycles. The predicted octanol–water partition coefficient (Wildman–Crippen LogP) is 4.02. The van der Waals surface area contributed by atoms with E-state index in [1.165, 1.54) is 0 Å². The van der Waals surface area contributed by atoms with Crippen LogP contribution in [0.3, 0.4) is 0 Å². The van der Waals surface area contributed by atoms with Crippen molar-refractivity contribution in [1.29, 1.82) is 0 Å². The molecule has 0 spiro atoms. The second-order valence-electron chi connectivity index (χ2n) is 4.48. The molecule has 2 aromatic rings. The second kappa shape index (κ2) is 7.74. The molecule has 1 unspecified atom stereocenters. The number of hydrogen-bond donors (Lipinski definition) is 1. The fourth-order valence-corrected chi connectivity index (χ4v) is 3.63. The Labute approximate surface area is 146 Å². The van der Waals surface area contributed by atoms with Gasteiger partial charge >= 0.3 is 0 Å². The maximum absolute atomic E-state index is 6.03. The van der Waals surface area contributed by atoms with Crippen molar-refractivity contribution in [3.63, 3.8) is 0 Å². The Morgan fingerprint density at radius 1 is 1.38 bits per heavy atom. The highest BCUT2D eigenvalue weighted by Gasteiger charge is 2.22. The number of aromatic nitrogens is 2. The predicted molar refractivity (Wildman–Crippen MR) is 91.9 cm³/mol. The number of methoxy groups -OCH3 is 1. The van der Waals surface area contributed by atoms with E-state index < -0.39 is 0 Å². The van der Waals surface area contributed by atoms with Gasteiger partial charge in [-0.1, -0.05) is 33.6 Å². The number of halogens is 3. The Hall–Kier alpha value is -0.400. The average molecular weight is 438 g/mol. The summed E-state index contributed by atoms with van der Waals surface area (Å²) in [7, 11) is 3.61. The molecular formula is C14H16Br2ClN3O. The Kier molecular flexibility index (Phi) is 6.25. The minimum absolute atomic E-state index is 0.00891. The van der Waals surface area contributed by atoms with E-state index in [2.05, 4.69) is 42.3 Å². The van der Waals surface area contributed by atoms with Gasteiger partial charge in [0, 0.05) is 16.6 Å². The van der Waals surface area contributed by atoms with Crippen LogP contribution in [0.25, 0.3) is 0 Å². The third-order valence-corrected chi connectivity index (χ3v) is 4.71. The first-order chi connectivity index (χ1) is 10.1. The van der Waals surface area contributed by atoms with E-state index in [0.29, 0.717) is 18.2 Å². The van der Waals surface area contributed by atoms with Crippen LogP contribution in [0.5, 0.6) is 0 Å². The molecule has 1 N–H and O–H groups in total. The van der Waals surface area contributed by atoms with Crippen LogP contribution >= 0.6 is 43.5 Å². The molecule has 1 aromatic carbocycles. The number of benzene rings is 1. The second-order valence-corrected chi connectivity index (χ2v) is 6.63. The van der Waals surface area contributed by atoms with Crippen LogP contribution in [0, 0.1) is 0 Å². The molecule has 0 bridgehead atoms. The van der Waals surface area contributed by atoms with Gasteiger partial charge in [-0.25, -0.2) is 0 Å². The van der Waals surface area contributed by atoms with Gasteiger partial charge in [0.05, 0.1) is 35.6 Å². The molecule has 1 atom stereocenters. The van der Waals surface area contributed by atoms with E-state index >= 15 is 0 Å². The van der Waals surface area contributed by atoms with E-state index in [4.69, 9.17) is 16.3 Å². The quantitative estimate of drug-likeness (QED) is 0.742. The van der Waals surface area contributed by atoms with Gasteiger partial charge in [0.1, 0.15) is 0 Å². The van der Waals surface area contributed by atoms with Gasteiger partial charge in [0.25, 0.3) is 0 Å². The topological polar surface area (TPSA) is 39.1 Å². The van der Waals surface area contributed by atoms with Crippen molar-refractivity contribution in [3.05, 3.63) is 49.6 Å². The lowest BCUT2D eigenvalue weighted by atomic mass is 10.0. The molecule has 1 heterocycles. The largest absolute Gasteiger partial charge is 0.383 e. The molecule has 0 aliphatic carbocycles.